The molecule has 124 valence electrons. The topological polar surface area (TPSA) is 42.2 Å². The van der Waals surface area contributed by atoms with Crippen LogP contribution < -0.4 is 0 Å². The summed E-state index contributed by atoms with van der Waals surface area (Å²) < 4.78 is 18.9. The van der Waals surface area contributed by atoms with E-state index in [-0.39, 0.29) is 11.7 Å². The molecule has 0 saturated carbocycles. The standard InChI is InChI=1S/C18H18FN3OS/c19-15-7-5-13(6-8-15)11-22-9-1-3-14(12-22)17-20-21-18(23-17)16-4-2-10-24-16/h2,4-8,10,14H,1,3,9,11-12H2/t14-/m0/s1. The van der Waals surface area contributed by atoms with Crippen LogP contribution in [0.1, 0.15) is 30.2 Å². The van der Waals surface area contributed by atoms with Crippen molar-refractivity contribution in [3.63, 3.8) is 0 Å². The second-order valence-corrected chi connectivity index (χ2v) is 7.07. The van der Waals surface area contributed by atoms with Crippen LogP contribution in [0.15, 0.2) is 46.2 Å². The van der Waals surface area contributed by atoms with Crippen LogP contribution in [0.2, 0.25) is 0 Å². The number of hydrogen-bond acceptors (Lipinski definition) is 5. The van der Waals surface area contributed by atoms with Crippen molar-refractivity contribution < 1.29 is 8.81 Å². The van der Waals surface area contributed by atoms with Crippen molar-refractivity contribution >= 4 is 11.3 Å². The smallest absolute Gasteiger partial charge is 0.257 e. The number of thiophene rings is 1. The molecule has 24 heavy (non-hydrogen) atoms. The molecule has 6 heteroatoms. The molecule has 1 aliphatic rings. The molecule has 4 nitrogen and oxygen atoms in total. The third-order valence-corrected chi connectivity index (χ3v) is 5.20. The number of likely N-dealkylation sites (tertiary alicyclic amines) is 1. The Hall–Kier alpha value is -2.05. The Kier molecular flexibility index (Phi) is 4.40. The second-order valence-electron chi connectivity index (χ2n) is 6.12. The minimum absolute atomic E-state index is 0.192. The van der Waals surface area contributed by atoms with E-state index in [4.69, 9.17) is 4.42 Å². The molecular formula is C18H18FN3OS. The Morgan fingerprint density at radius 2 is 2.08 bits per heavy atom. The molecule has 1 fully saturated rings. The monoisotopic (exact) mass is 343 g/mol. The maximum atomic E-state index is 13.0. The van der Waals surface area contributed by atoms with Crippen molar-refractivity contribution in [2.24, 2.45) is 0 Å². The van der Waals surface area contributed by atoms with Gasteiger partial charge in [-0.1, -0.05) is 18.2 Å². The lowest BCUT2D eigenvalue weighted by Gasteiger charge is -2.31. The van der Waals surface area contributed by atoms with E-state index in [2.05, 4.69) is 15.1 Å². The van der Waals surface area contributed by atoms with Crippen LogP contribution in [-0.2, 0) is 6.54 Å². The van der Waals surface area contributed by atoms with E-state index in [1.54, 1.807) is 11.3 Å². The highest BCUT2D eigenvalue weighted by molar-refractivity contribution is 7.13. The van der Waals surface area contributed by atoms with E-state index < -0.39 is 0 Å². The van der Waals surface area contributed by atoms with E-state index in [1.807, 2.05) is 29.6 Å². The molecular weight excluding hydrogens is 325 g/mol. The van der Waals surface area contributed by atoms with Gasteiger partial charge in [0.1, 0.15) is 5.82 Å². The molecule has 0 radical (unpaired) electrons. The van der Waals surface area contributed by atoms with Crippen LogP contribution in [0.4, 0.5) is 4.39 Å². The summed E-state index contributed by atoms with van der Waals surface area (Å²) in [5.74, 6) is 1.40. The summed E-state index contributed by atoms with van der Waals surface area (Å²) in [6, 6.07) is 10.7. The van der Waals surface area contributed by atoms with Gasteiger partial charge >= 0.3 is 0 Å². The molecule has 0 amide bonds. The Balaban J connectivity index is 1.44. The first-order valence-corrected chi connectivity index (χ1v) is 9.00. The minimum Gasteiger partial charge on any atom is -0.420 e. The zero-order chi connectivity index (χ0) is 16.4. The van der Waals surface area contributed by atoms with Crippen LogP contribution in [-0.4, -0.2) is 28.2 Å². The fourth-order valence-electron chi connectivity index (χ4n) is 3.15. The van der Waals surface area contributed by atoms with E-state index in [1.165, 1.54) is 12.1 Å². The van der Waals surface area contributed by atoms with Gasteiger partial charge in [-0.3, -0.25) is 4.90 Å². The normalized spacial score (nSPS) is 18.8. The quantitative estimate of drug-likeness (QED) is 0.708. The van der Waals surface area contributed by atoms with Crippen molar-refractivity contribution in [3.05, 3.63) is 59.0 Å². The number of aromatic nitrogens is 2. The third-order valence-electron chi connectivity index (χ3n) is 4.35. The van der Waals surface area contributed by atoms with Gasteiger partial charge in [0, 0.05) is 13.1 Å². The largest absolute Gasteiger partial charge is 0.420 e. The molecule has 1 aliphatic heterocycles. The van der Waals surface area contributed by atoms with Gasteiger partial charge in [-0.2, -0.15) is 0 Å². The third kappa shape index (κ3) is 3.39. The molecule has 0 aliphatic carbocycles. The van der Waals surface area contributed by atoms with Crippen LogP contribution in [0.3, 0.4) is 0 Å². The molecule has 2 aromatic heterocycles. The molecule has 0 unspecified atom stereocenters. The van der Waals surface area contributed by atoms with Gasteiger partial charge in [-0.15, -0.1) is 21.5 Å². The van der Waals surface area contributed by atoms with Gasteiger partial charge in [0.2, 0.25) is 5.89 Å². The molecule has 3 heterocycles. The summed E-state index contributed by atoms with van der Waals surface area (Å²) in [6.07, 6.45) is 2.16. The molecule has 0 bridgehead atoms. The molecule has 0 N–H and O–H groups in total. The number of halogens is 1. The zero-order valence-corrected chi connectivity index (χ0v) is 14.0. The van der Waals surface area contributed by atoms with Crippen molar-refractivity contribution in [3.8, 4) is 10.8 Å². The van der Waals surface area contributed by atoms with Crippen LogP contribution in [0, 0.1) is 5.82 Å². The fourth-order valence-corrected chi connectivity index (χ4v) is 3.79. The summed E-state index contributed by atoms with van der Waals surface area (Å²) in [7, 11) is 0. The van der Waals surface area contributed by atoms with Gasteiger partial charge in [-0.25, -0.2) is 4.39 Å². The maximum Gasteiger partial charge on any atom is 0.257 e. The molecule has 4 rings (SSSR count). The first-order chi connectivity index (χ1) is 11.8. The van der Waals surface area contributed by atoms with Crippen molar-refractivity contribution in [1.29, 1.82) is 0 Å². The first kappa shape index (κ1) is 15.5. The summed E-state index contributed by atoms with van der Waals surface area (Å²) in [5, 5.41) is 10.5. The number of rotatable bonds is 4. The number of piperidine rings is 1. The van der Waals surface area contributed by atoms with Gasteiger partial charge in [0.05, 0.1) is 10.8 Å². The molecule has 3 aromatic rings. The Morgan fingerprint density at radius 1 is 1.21 bits per heavy atom. The Labute approximate surface area is 143 Å². The summed E-state index contributed by atoms with van der Waals surface area (Å²) >= 11 is 1.60. The SMILES string of the molecule is Fc1ccc(CN2CCC[C@H](c3nnc(-c4cccs4)o3)C2)cc1. The highest BCUT2D eigenvalue weighted by atomic mass is 32.1. The lowest BCUT2D eigenvalue weighted by atomic mass is 9.97. The molecule has 1 aromatic carbocycles. The lowest BCUT2D eigenvalue weighted by molar-refractivity contribution is 0.186. The average Bonchev–Trinajstić information content (AvgIpc) is 3.28. The molecule has 0 spiro atoms. The minimum atomic E-state index is -0.192. The predicted molar refractivity (Wildman–Crippen MR) is 91.3 cm³/mol. The number of nitrogens with zero attached hydrogens (tertiary/aromatic N) is 3. The highest BCUT2D eigenvalue weighted by Crippen LogP contribution is 2.30. The van der Waals surface area contributed by atoms with Crippen LogP contribution in [0.25, 0.3) is 10.8 Å². The second kappa shape index (κ2) is 6.83. The van der Waals surface area contributed by atoms with Crippen molar-refractivity contribution in [2.75, 3.05) is 13.1 Å². The van der Waals surface area contributed by atoms with Crippen LogP contribution in [0.5, 0.6) is 0 Å². The van der Waals surface area contributed by atoms with E-state index in [0.29, 0.717) is 5.89 Å². The fraction of sp³-hybridized carbons (Fsp3) is 0.333. The van der Waals surface area contributed by atoms with Gasteiger partial charge < -0.3 is 4.42 Å². The number of benzene rings is 1. The summed E-state index contributed by atoms with van der Waals surface area (Å²) in [5.41, 5.74) is 1.13. The summed E-state index contributed by atoms with van der Waals surface area (Å²) in [6.45, 7) is 2.76. The highest BCUT2D eigenvalue weighted by Gasteiger charge is 2.26. The zero-order valence-electron chi connectivity index (χ0n) is 13.2. The first-order valence-electron chi connectivity index (χ1n) is 8.12. The van der Waals surface area contributed by atoms with Gasteiger partial charge in [0.25, 0.3) is 5.89 Å². The molecule has 1 atom stereocenters. The van der Waals surface area contributed by atoms with E-state index in [9.17, 15) is 4.39 Å². The average molecular weight is 343 g/mol. The Bertz CT molecular complexity index is 785. The van der Waals surface area contributed by atoms with Gasteiger partial charge in [0.15, 0.2) is 0 Å². The van der Waals surface area contributed by atoms with Crippen molar-refractivity contribution in [2.45, 2.75) is 25.3 Å². The predicted octanol–water partition coefficient (Wildman–Crippen LogP) is 4.32. The van der Waals surface area contributed by atoms with Crippen LogP contribution >= 0.6 is 11.3 Å². The van der Waals surface area contributed by atoms with E-state index >= 15 is 0 Å². The molecule has 1 saturated heterocycles. The van der Waals surface area contributed by atoms with E-state index in [0.717, 1.165) is 48.8 Å². The Morgan fingerprint density at radius 3 is 2.88 bits per heavy atom. The number of hydrogen-bond donors (Lipinski definition) is 0. The maximum absolute atomic E-state index is 13.0. The van der Waals surface area contributed by atoms with Gasteiger partial charge in [-0.05, 0) is 48.5 Å². The van der Waals surface area contributed by atoms with Crippen molar-refractivity contribution in [1.82, 2.24) is 15.1 Å². The summed E-state index contributed by atoms with van der Waals surface area (Å²) in [4.78, 5) is 3.38. The lowest BCUT2D eigenvalue weighted by Crippen LogP contribution is -2.34.